The first-order valence-corrected chi connectivity index (χ1v) is 7.76. The zero-order valence-corrected chi connectivity index (χ0v) is 14.7. The Bertz CT molecular complexity index is 478. The Morgan fingerprint density at radius 1 is 1.05 bits per heavy atom. The van der Waals surface area contributed by atoms with E-state index in [0.717, 1.165) is 11.0 Å². The quantitative estimate of drug-likeness (QED) is 0.636. The first kappa shape index (κ1) is 18.7. The van der Waals surface area contributed by atoms with Gasteiger partial charge in [-0.25, -0.2) is 0 Å². The Balaban J connectivity index is 0.00000116. The average Bonchev–Trinajstić information content (AvgIpc) is 2.70. The molecule has 5 heteroatoms. The minimum atomic E-state index is -0.368. The van der Waals surface area contributed by atoms with Crippen molar-refractivity contribution in [2.24, 2.45) is 0 Å². The van der Waals surface area contributed by atoms with Crippen LogP contribution in [0.1, 0.15) is 47.1 Å². The molecule has 1 saturated heterocycles. The van der Waals surface area contributed by atoms with Gasteiger partial charge in [0.15, 0.2) is 0 Å². The van der Waals surface area contributed by atoms with Crippen LogP contribution in [0.5, 0.6) is 0 Å². The maximum atomic E-state index is 11.2. The van der Waals surface area contributed by atoms with Crippen molar-refractivity contribution in [3.05, 3.63) is 29.8 Å². The smallest absolute Gasteiger partial charge is 0.469 e. The minimum Gasteiger partial charge on any atom is -0.469 e. The van der Waals surface area contributed by atoms with Crippen molar-refractivity contribution in [1.82, 2.24) is 0 Å². The van der Waals surface area contributed by atoms with Crippen LogP contribution in [0.15, 0.2) is 24.3 Å². The number of esters is 1. The van der Waals surface area contributed by atoms with E-state index in [0.29, 0.717) is 0 Å². The lowest BCUT2D eigenvalue weighted by atomic mass is 9.79. The van der Waals surface area contributed by atoms with Gasteiger partial charge in [-0.15, -0.1) is 0 Å². The summed E-state index contributed by atoms with van der Waals surface area (Å²) in [5, 5.41) is 0. The lowest BCUT2D eigenvalue weighted by Gasteiger charge is -2.32. The maximum Gasteiger partial charge on any atom is 0.494 e. The van der Waals surface area contributed by atoms with E-state index in [1.807, 2.05) is 65.8 Å². The highest BCUT2D eigenvalue weighted by atomic mass is 16.7. The summed E-state index contributed by atoms with van der Waals surface area (Å²) in [6, 6.07) is 7.66. The van der Waals surface area contributed by atoms with Gasteiger partial charge in [0.2, 0.25) is 0 Å². The number of benzene rings is 1. The van der Waals surface area contributed by atoms with E-state index in [1.165, 1.54) is 7.11 Å². The Labute approximate surface area is 134 Å². The van der Waals surface area contributed by atoms with Crippen molar-refractivity contribution in [3.63, 3.8) is 0 Å². The van der Waals surface area contributed by atoms with Gasteiger partial charge in [-0.05, 0) is 38.7 Å². The number of carbonyl (C=O) groups excluding carboxylic acids is 1. The molecule has 122 valence electrons. The van der Waals surface area contributed by atoms with Gasteiger partial charge in [0.1, 0.15) is 0 Å². The SMILES string of the molecule is CC.COC(=O)Cc1ccc(B2OC(C)(C)C(C)(C)O2)cc1. The predicted molar refractivity (Wildman–Crippen MR) is 89.2 cm³/mol. The average molecular weight is 306 g/mol. The molecule has 1 heterocycles. The minimum absolute atomic E-state index is 0.242. The van der Waals surface area contributed by atoms with Crippen molar-refractivity contribution in [2.75, 3.05) is 7.11 Å². The van der Waals surface area contributed by atoms with Crippen LogP contribution in [0.3, 0.4) is 0 Å². The molecule has 0 unspecified atom stereocenters. The fourth-order valence-corrected chi connectivity index (χ4v) is 2.01. The molecule has 1 aliphatic rings. The number of methoxy groups -OCH3 is 1. The monoisotopic (exact) mass is 306 g/mol. The van der Waals surface area contributed by atoms with Crippen molar-refractivity contribution in [3.8, 4) is 0 Å². The van der Waals surface area contributed by atoms with Gasteiger partial charge in [0, 0.05) is 0 Å². The highest BCUT2D eigenvalue weighted by molar-refractivity contribution is 6.62. The van der Waals surface area contributed by atoms with Crippen LogP contribution in [0, 0.1) is 0 Å². The number of rotatable bonds is 3. The fourth-order valence-electron chi connectivity index (χ4n) is 2.01. The molecule has 0 radical (unpaired) electrons. The molecule has 1 fully saturated rings. The van der Waals surface area contributed by atoms with E-state index in [9.17, 15) is 4.79 Å². The summed E-state index contributed by atoms with van der Waals surface area (Å²) in [6.45, 7) is 12.1. The summed E-state index contributed by atoms with van der Waals surface area (Å²) in [5.41, 5.74) is 1.18. The van der Waals surface area contributed by atoms with Crippen molar-refractivity contribution < 1.29 is 18.8 Å². The molecule has 1 aromatic carbocycles. The zero-order valence-electron chi connectivity index (χ0n) is 14.7. The topological polar surface area (TPSA) is 44.8 Å². The van der Waals surface area contributed by atoms with Gasteiger partial charge in [-0.3, -0.25) is 4.79 Å². The lowest BCUT2D eigenvalue weighted by molar-refractivity contribution is -0.139. The van der Waals surface area contributed by atoms with Gasteiger partial charge in [0.05, 0.1) is 24.7 Å². The second kappa shape index (κ2) is 7.29. The molecule has 0 spiro atoms. The summed E-state index contributed by atoms with van der Waals surface area (Å²) in [4.78, 5) is 11.2. The molecule has 2 rings (SSSR count). The van der Waals surface area contributed by atoms with Gasteiger partial charge in [0.25, 0.3) is 0 Å². The molecular weight excluding hydrogens is 279 g/mol. The van der Waals surface area contributed by atoms with E-state index in [-0.39, 0.29) is 30.7 Å². The normalized spacial score (nSPS) is 18.4. The molecule has 0 aromatic heterocycles. The molecule has 22 heavy (non-hydrogen) atoms. The summed E-state index contributed by atoms with van der Waals surface area (Å²) < 4.78 is 16.6. The van der Waals surface area contributed by atoms with Gasteiger partial charge < -0.3 is 14.0 Å². The second-order valence-corrected chi connectivity index (χ2v) is 6.08. The molecule has 0 amide bonds. The second-order valence-electron chi connectivity index (χ2n) is 6.08. The fraction of sp³-hybridized carbons (Fsp3) is 0.588. The first-order valence-electron chi connectivity index (χ1n) is 7.76. The highest BCUT2D eigenvalue weighted by Crippen LogP contribution is 2.36. The van der Waals surface area contributed by atoms with Gasteiger partial charge in [-0.2, -0.15) is 0 Å². The third kappa shape index (κ3) is 4.11. The van der Waals surface area contributed by atoms with Crippen molar-refractivity contribution >= 4 is 18.6 Å². The molecule has 4 nitrogen and oxygen atoms in total. The predicted octanol–water partition coefficient (Wildman–Crippen LogP) is 2.73. The Kier molecular flexibility index (Phi) is 6.21. The Morgan fingerprint density at radius 2 is 1.50 bits per heavy atom. The largest absolute Gasteiger partial charge is 0.494 e. The summed E-state index contributed by atoms with van der Waals surface area (Å²) in [5.74, 6) is -0.242. The van der Waals surface area contributed by atoms with Crippen LogP contribution in [0.4, 0.5) is 0 Å². The highest BCUT2D eigenvalue weighted by Gasteiger charge is 2.51. The van der Waals surface area contributed by atoms with Crippen LogP contribution >= 0.6 is 0 Å². The van der Waals surface area contributed by atoms with Crippen LogP contribution in [0.2, 0.25) is 0 Å². The van der Waals surface area contributed by atoms with E-state index >= 15 is 0 Å². The molecule has 1 aliphatic heterocycles. The van der Waals surface area contributed by atoms with E-state index in [1.54, 1.807) is 0 Å². The maximum absolute atomic E-state index is 11.2. The molecule has 0 saturated carbocycles. The number of hydrogen-bond acceptors (Lipinski definition) is 4. The molecule has 0 atom stereocenters. The number of hydrogen-bond donors (Lipinski definition) is 0. The van der Waals surface area contributed by atoms with Crippen LogP contribution in [-0.2, 0) is 25.3 Å². The third-order valence-electron chi connectivity index (χ3n) is 4.08. The lowest BCUT2D eigenvalue weighted by Crippen LogP contribution is -2.41. The number of ether oxygens (including phenoxy) is 1. The van der Waals surface area contributed by atoms with Gasteiger partial charge in [-0.1, -0.05) is 38.1 Å². The molecule has 0 aliphatic carbocycles. The summed E-state index contributed by atoms with van der Waals surface area (Å²) in [7, 11) is 1.02. The summed E-state index contributed by atoms with van der Waals surface area (Å²) in [6.07, 6.45) is 0.278. The summed E-state index contributed by atoms with van der Waals surface area (Å²) >= 11 is 0. The third-order valence-corrected chi connectivity index (χ3v) is 4.08. The van der Waals surface area contributed by atoms with Crippen LogP contribution < -0.4 is 5.46 Å². The number of carbonyl (C=O) groups is 1. The van der Waals surface area contributed by atoms with E-state index in [2.05, 4.69) is 4.74 Å². The zero-order chi connectivity index (χ0) is 17.0. The van der Waals surface area contributed by atoms with E-state index < -0.39 is 0 Å². The van der Waals surface area contributed by atoms with Crippen molar-refractivity contribution in [1.29, 1.82) is 0 Å². The standard InChI is InChI=1S/C15H21BO4.C2H6/c1-14(2)15(3,4)20-16(19-14)12-8-6-11(7-9-12)10-13(17)18-5;1-2/h6-9H,10H2,1-5H3;1-2H3. The molecule has 0 N–H and O–H groups in total. The molecule has 0 bridgehead atoms. The first-order chi connectivity index (χ1) is 10.2. The molecular formula is C17H27BO4. The van der Waals surface area contributed by atoms with Crippen LogP contribution in [-0.4, -0.2) is 31.4 Å². The van der Waals surface area contributed by atoms with Crippen LogP contribution in [0.25, 0.3) is 0 Å². The van der Waals surface area contributed by atoms with Crippen molar-refractivity contribution in [2.45, 2.75) is 59.2 Å². The molecule has 1 aromatic rings. The Hall–Kier alpha value is -1.33. The van der Waals surface area contributed by atoms with Gasteiger partial charge >= 0.3 is 13.1 Å². The Morgan fingerprint density at radius 3 is 1.91 bits per heavy atom. The van der Waals surface area contributed by atoms with E-state index in [4.69, 9.17) is 9.31 Å².